The van der Waals surface area contributed by atoms with Crippen LogP contribution in [0.1, 0.15) is 46.4 Å². The largest absolute Gasteiger partial charge is 0.385 e. The van der Waals surface area contributed by atoms with Crippen molar-refractivity contribution in [2.75, 3.05) is 43.6 Å². The highest BCUT2D eigenvalue weighted by Gasteiger charge is 2.20. The van der Waals surface area contributed by atoms with Crippen LogP contribution in [0.5, 0.6) is 0 Å². The van der Waals surface area contributed by atoms with Crippen molar-refractivity contribution in [3.8, 4) is 0 Å². The zero-order chi connectivity index (χ0) is 21.3. The number of nitrogens with zero attached hydrogens (tertiary/aromatic N) is 1. The molecule has 1 aliphatic rings. The van der Waals surface area contributed by atoms with Gasteiger partial charge in [0.05, 0.1) is 11.1 Å². The van der Waals surface area contributed by atoms with Crippen LogP contribution in [-0.2, 0) is 4.74 Å². The van der Waals surface area contributed by atoms with Crippen molar-refractivity contribution in [2.24, 2.45) is 0 Å². The summed E-state index contributed by atoms with van der Waals surface area (Å²) in [5, 5.41) is 5.62. The van der Waals surface area contributed by atoms with Gasteiger partial charge in [0, 0.05) is 44.7 Å². The fourth-order valence-corrected chi connectivity index (χ4v) is 3.56. The molecule has 0 spiro atoms. The lowest BCUT2D eigenvalue weighted by molar-refractivity contribution is 0.0947. The third-order valence-corrected chi connectivity index (χ3v) is 5.13. The number of hydrogen-bond acceptors (Lipinski definition) is 4. The Morgan fingerprint density at radius 2 is 1.80 bits per heavy atom. The van der Waals surface area contributed by atoms with E-state index >= 15 is 0 Å². The molecule has 3 rings (SSSR count). The predicted molar refractivity (Wildman–Crippen MR) is 116 cm³/mol. The molecule has 0 saturated carbocycles. The van der Waals surface area contributed by atoms with Crippen LogP contribution in [0.4, 0.5) is 15.8 Å². The molecule has 0 unspecified atom stereocenters. The van der Waals surface area contributed by atoms with Crippen LogP contribution < -0.4 is 15.5 Å². The van der Waals surface area contributed by atoms with Crippen molar-refractivity contribution in [1.29, 1.82) is 0 Å². The molecule has 1 fully saturated rings. The van der Waals surface area contributed by atoms with E-state index in [1.54, 1.807) is 25.3 Å². The number of nitrogens with one attached hydrogen (secondary N) is 2. The lowest BCUT2D eigenvalue weighted by Gasteiger charge is -2.30. The summed E-state index contributed by atoms with van der Waals surface area (Å²) in [6.45, 7) is 2.85. The lowest BCUT2D eigenvalue weighted by Crippen LogP contribution is -2.33. The van der Waals surface area contributed by atoms with E-state index in [0.717, 1.165) is 31.6 Å². The molecular formula is C23H28FN3O3. The number of anilines is 2. The van der Waals surface area contributed by atoms with Gasteiger partial charge >= 0.3 is 0 Å². The maximum Gasteiger partial charge on any atom is 0.258 e. The first-order chi connectivity index (χ1) is 14.6. The Morgan fingerprint density at radius 1 is 1.03 bits per heavy atom. The minimum absolute atomic E-state index is 0.0387. The zero-order valence-electron chi connectivity index (χ0n) is 17.2. The van der Waals surface area contributed by atoms with Crippen molar-refractivity contribution in [3.05, 3.63) is 59.4 Å². The maximum atomic E-state index is 13.9. The van der Waals surface area contributed by atoms with Gasteiger partial charge in [0.15, 0.2) is 0 Å². The number of hydrogen-bond donors (Lipinski definition) is 2. The van der Waals surface area contributed by atoms with E-state index < -0.39 is 11.7 Å². The Hall–Kier alpha value is -2.93. The molecule has 7 heteroatoms. The van der Waals surface area contributed by atoms with Crippen molar-refractivity contribution < 1.29 is 18.7 Å². The normalized spacial score (nSPS) is 13.7. The van der Waals surface area contributed by atoms with Gasteiger partial charge in [0.2, 0.25) is 0 Å². The Balaban J connectivity index is 1.81. The summed E-state index contributed by atoms with van der Waals surface area (Å²) in [6.07, 6.45) is 4.07. The first-order valence-corrected chi connectivity index (χ1v) is 10.3. The summed E-state index contributed by atoms with van der Waals surface area (Å²) in [4.78, 5) is 27.6. The number of halogens is 1. The highest BCUT2D eigenvalue weighted by atomic mass is 19.1. The maximum absolute atomic E-state index is 13.9. The standard InChI is InChI=1S/C23H28FN3O3/c1-30-15-7-12-25-22(28)19-16-17(10-11-21(19)27-13-5-2-6-14-27)26-23(29)18-8-3-4-9-20(18)24/h3-4,8-11,16H,2,5-7,12-15H2,1H3,(H,25,28)(H,26,29). The first-order valence-electron chi connectivity index (χ1n) is 10.3. The van der Waals surface area contributed by atoms with Crippen molar-refractivity contribution in [1.82, 2.24) is 5.32 Å². The van der Waals surface area contributed by atoms with Crippen LogP contribution in [0, 0.1) is 5.82 Å². The highest BCUT2D eigenvalue weighted by molar-refractivity contribution is 6.06. The van der Waals surface area contributed by atoms with Crippen LogP contribution in [0.2, 0.25) is 0 Å². The number of methoxy groups -OCH3 is 1. The summed E-state index contributed by atoms with van der Waals surface area (Å²) in [5.41, 5.74) is 1.76. The van der Waals surface area contributed by atoms with E-state index in [2.05, 4.69) is 15.5 Å². The monoisotopic (exact) mass is 413 g/mol. The predicted octanol–water partition coefficient (Wildman–Crippen LogP) is 3.83. The summed E-state index contributed by atoms with van der Waals surface area (Å²) in [7, 11) is 1.62. The van der Waals surface area contributed by atoms with Gasteiger partial charge in [-0.05, 0) is 56.0 Å². The molecular weight excluding hydrogens is 385 g/mol. The third-order valence-electron chi connectivity index (χ3n) is 5.13. The number of benzene rings is 2. The number of amides is 2. The van der Waals surface area contributed by atoms with Gasteiger partial charge in [-0.3, -0.25) is 9.59 Å². The van der Waals surface area contributed by atoms with Crippen LogP contribution in [0.15, 0.2) is 42.5 Å². The minimum atomic E-state index is -0.587. The Bertz CT molecular complexity index is 882. The topological polar surface area (TPSA) is 70.7 Å². The number of piperidine rings is 1. The average Bonchev–Trinajstić information content (AvgIpc) is 2.77. The van der Waals surface area contributed by atoms with Crippen LogP contribution >= 0.6 is 0 Å². The molecule has 1 heterocycles. The van der Waals surface area contributed by atoms with Crippen LogP contribution in [0.25, 0.3) is 0 Å². The molecule has 30 heavy (non-hydrogen) atoms. The molecule has 1 saturated heterocycles. The SMILES string of the molecule is COCCCNC(=O)c1cc(NC(=O)c2ccccc2F)ccc1N1CCCCC1. The number of rotatable bonds is 8. The zero-order valence-corrected chi connectivity index (χ0v) is 17.2. The van der Waals surface area contributed by atoms with Crippen molar-refractivity contribution >= 4 is 23.2 Å². The summed E-state index contributed by atoms with van der Waals surface area (Å²) in [5.74, 6) is -1.34. The lowest BCUT2D eigenvalue weighted by atomic mass is 10.1. The van der Waals surface area contributed by atoms with Gasteiger partial charge in [-0.15, -0.1) is 0 Å². The second-order valence-corrected chi connectivity index (χ2v) is 7.32. The molecule has 2 aromatic carbocycles. The van der Waals surface area contributed by atoms with Crippen molar-refractivity contribution in [2.45, 2.75) is 25.7 Å². The molecule has 1 aliphatic heterocycles. The van der Waals surface area contributed by atoms with Crippen LogP contribution in [-0.4, -0.2) is 45.2 Å². The number of ether oxygens (including phenoxy) is 1. The van der Waals surface area contributed by atoms with Gasteiger partial charge in [0.1, 0.15) is 5.82 Å². The third kappa shape index (κ3) is 5.57. The molecule has 2 amide bonds. The Kier molecular flexibility index (Phi) is 7.79. The van der Waals surface area contributed by atoms with Gasteiger partial charge in [-0.1, -0.05) is 12.1 Å². The molecule has 0 aromatic heterocycles. The van der Waals surface area contributed by atoms with Gasteiger partial charge in [-0.25, -0.2) is 4.39 Å². The minimum Gasteiger partial charge on any atom is -0.385 e. The van der Waals surface area contributed by atoms with E-state index in [0.29, 0.717) is 30.8 Å². The molecule has 0 atom stereocenters. The number of carbonyl (C=O) groups is 2. The van der Waals surface area contributed by atoms with E-state index in [1.807, 2.05) is 6.07 Å². The Labute approximate surface area is 176 Å². The van der Waals surface area contributed by atoms with E-state index in [-0.39, 0.29) is 11.5 Å². The number of carbonyl (C=O) groups excluding carboxylic acids is 2. The van der Waals surface area contributed by atoms with Crippen molar-refractivity contribution in [3.63, 3.8) is 0 Å². The highest BCUT2D eigenvalue weighted by Crippen LogP contribution is 2.27. The Morgan fingerprint density at radius 3 is 2.53 bits per heavy atom. The van der Waals surface area contributed by atoms with E-state index in [1.165, 1.54) is 24.6 Å². The molecule has 2 N–H and O–H groups in total. The molecule has 6 nitrogen and oxygen atoms in total. The van der Waals surface area contributed by atoms with Gasteiger partial charge < -0.3 is 20.3 Å². The second-order valence-electron chi connectivity index (χ2n) is 7.32. The second kappa shape index (κ2) is 10.7. The van der Waals surface area contributed by atoms with E-state index in [4.69, 9.17) is 4.74 Å². The fourth-order valence-electron chi connectivity index (χ4n) is 3.56. The summed E-state index contributed by atoms with van der Waals surface area (Å²) < 4.78 is 18.9. The van der Waals surface area contributed by atoms with E-state index in [9.17, 15) is 14.0 Å². The molecule has 0 aliphatic carbocycles. The van der Waals surface area contributed by atoms with Gasteiger partial charge in [0.25, 0.3) is 11.8 Å². The van der Waals surface area contributed by atoms with Gasteiger partial charge in [-0.2, -0.15) is 0 Å². The quantitative estimate of drug-likeness (QED) is 0.645. The van der Waals surface area contributed by atoms with Crippen LogP contribution in [0.3, 0.4) is 0 Å². The smallest absolute Gasteiger partial charge is 0.258 e. The average molecular weight is 413 g/mol. The molecule has 2 aromatic rings. The summed E-state index contributed by atoms with van der Waals surface area (Å²) >= 11 is 0. The fraction of sp³-hybridized carbons (Fsp3) is 0.391. The molecule has 0 radical (unpaired) electrons. The summed E-state index contributed by atoms with van der Waals surface area (Å²) in [6, 6.07) is 11.1. The molecule has 0 bridgehead atoms. The first kappa shape index (κ1) is 21.8. The molecule has 160 valence electrons.